The van der Waals surface area contributed by atoms with Crippen molar-refractivity contribution in [3.8, 4) is 0 Å². The van der Waals surface area contributed by atoms with Gasteiger partial charge in [0.1, 0.15) is 5.60 Å². The SMILES string of the molecule is CC(C)(CN1CCOCC1)OC(=O)c1nn(Cc2ccc(Cl)cc2Cl)c2ccccc12. The molecule has 0 atom stereocenters. The minimum absolute atomic E-state index is 0.302. The third-order valence-electron chi connectivity index (χ3n) is 5.26. The van der Waals surface area contributed by atoms with Crippen molar-refractivity contribution in [3.63, 3.8) is 0 Å². The maximum Gasteiger partial charge on any atom is 0.360 e. The van der Waals surface area contributed by atoms with Crippen molar-refractivity contribution in [3.05, 3.63) is 63.8 Å². The summed E-state index contributed by atoms with van der Waals surface area (Å²) < 4.78 is 13.1. The topological polar surface area (TPSA) is 56.6 Å². The first-order valence-corrected chi connectivity index (χ1v) is 11.0. The van der Waals surface area contributed by atoms with Gasteiger partial charge in [0.25, 0.3) is 0 Å². The third kappa shape index (κ3) is 5.21. The zero-order valence-corrected chi connectivity index (χ0v) is 19.1. The normalized spacial score (nSPS) is 15.4. The number of carbonyl (C=O) groups excluding carboxylic acids is 1. The lowest BCUT2D eigenvalue weighted by Crippen LogP contribution is -2.46. The van der Waals surface area contributed by atoms with Gasteiger partial charge < -0.3 is 9.47 Å². The maximum atomic E-state index is 13.1. The van der Waals surface area contributed by atoms with Gasteiger partial charge in [-0.05, 0) is 37.6 Å². The molecule has 164 valence electrons. The fraction of sp³-hybridized carbons (Fsp3) is 0.391. The van der Waals surface area contributed by atoms with Crippen LogP contribution < -0.4 is 0 Å². The van der Waals surface area contributed by atoms with Crippen LogP contribution in [0.2, 0.25) is 10.0 Å². The number of carbonyl (C=O) groups is 1. The highest BCUT2D eigenvalue weighted by molar-refractivity contribution is 6.35. The molecule has 0 unspecified atom stereocenters. The molecule has 1 aliphatic rings. The largest absolute Gasteiger partial charge is 0.454 e. The van der Waals surface area contributed by atoms with E-state index < -0.39 is 11.6 Å². The highest BCUT2D eigenvalue weighted by Crippen LogP contribution is 2.26. The average Bonchev–Trinajstić information content (AvgIpc) is 3.09. The Morgan fingerprint density at radius 1 is 1.16 bits per heavy atom. The van der Waals surface area contributed by atoms with Crippen LogP contribution in [-0.2, 0) is 16.0 Å². The number of rotatable bonds is 6. The molecule has 8 heteroatoms. The van der Waals surface area contributed by atoms with Gasteiger partial charge in [0.05, 0.1) is 25.3 Å². The van der Waals surface area contributed by atoms with E-state index in [0.29, 0.717) is 42.0 Å². The van der Waals surface area contributed by atoms with Gasteiger partial charge in [-0.3, -0.25) is 9.58 Å². The summed E-state index contributed by atoms with van der Waals surface area (Å²) in [6.45, 7) is 7.97. The van der Waals surface area contributed by atoms with Crippen LogP contribution in [0.3, 0.4) is 0 Å². The lowest BCUT2D eigenvalue weighted by Gasteiger charge is -2.34. The minimum Gasteiger partial charge on any atom is -0.454 e. The first kappa shape index (κ1) is 22.1. The molecule has 0 amide bonds. The summed E-state index contributed by atoms with van der Waals surface area (Å²) in [7, 11) is 0. The number of esters is 1. The van der Waals surface area contributed by atoms with E-state index in [0.717, 1.165) is 29.6 Å². The molecule has 31 heavy (non-hydrogen) atoms. The van der Waals surface area contributed by atoms with Crippen LogP contribution in [-0.4, -0.2) is 59.1 Å². The van der Waals surface area contributed by atoms with Gasteiger partial charge in [-0.15, -0.1) is 0 Å². The van der Waals surface area contributed by atoms with Crippen molar-refractivity contribution >= 4 is 40.1 Å². The number of hydrogen-bond acceptors (Lipinski definition) is 5. The first-order chi connectivity index (χ1) is 14.8. The van der Waals surface area contributed by atoms with Crippen LogP contribution in [0.5, 0.6) is 0 Å². The summed E-state index contributed by atoms with van der Waals surface area (Å²) in [5.74, 6) is -0.435. The molecule has 2 heterocycles. The zero-order chi connectivity index (χ0) is 22.0. The van der Waals surface area contributed by atoms with Gasteiger partial charge in [-0.2, -0.15) is 5.10 Å². The number of hydrogen-bond donors (Lipinski definition) is 0. The van der Waals surface area contributed by atoms with Crippen LogP contribution in [0.25, 0.3) is 10.9 Å². The molecule has 0 saturated carbocycles. The Morgan fingerprint density at radius 3 is 2.65 bits per heavy atom. The van der Waals surface area contributed by atoms with Gasteiger partial charge in [-0.25, -0.2) is 4.79 Å². The monoisotopic (exact) mass is 461 g/mol. The summed E-state index contributed by atoms with van der Waals surface area (Å²) in [6, 6.07) is 13.0. The third-order valence-corrected chi connectivity index (χ3v) is 5.85. The van der Waals surface area contributed by atoms with E-state index in [-0.39, 0.29) is 0 Å². The first-order valence-electron chi connectivity index (χ1n) is 10.3. The Balaban J connectivity index is 1.58. The van der Waals surface area contributed by atoms with E-state index >= 15 is 0 Å². The number of halogens is 2. The summed E-state index contributed by atoms with van der Waals surface area (Å²) in [6.07, 6.45) is 0. The van der Waals surface area contributed by atoms with E-state index in [4.69, 9.17) is 32.7 Å². The molecule has 2 aromatic carbocycles. The Morgan fingerprint density at radius 2 is 1.90 bits per heavy atom. The number of nitrogens with zero attached hydrogens (tertiary/aromatic N) is 3. The number of morpholine rings is 1. The Bertz CT molecular complexity index is 1090. The summed E-state index contributed by atoms with van der Waals surface area (Å²) in [5.41, 5.74) is 1.35. The van der Waals surface area contributed by atoms with E-state index in [2.05, 4.69) is 10.00 Å². The minimum atomic E-state index is -0.654. The quantitative estimate of drug-likeness (QED) is 0.499. The van der Waals surface area contributed by atoms with Gasteiger partial charge in [-0.1, -0.05) is 47.5 Å². The van der Waals surface area contributed by atoms with Crippen LogP contribution in [0.4, 0.5) is 0 Å². The lowest BCUT2D eigenvalue weighted by atomic mass is 10.1. The second kappa shape index (κ2) is 9.17. The van der Waals surface area contributed by atoms with E-state index in [1.807, 2.05) is 44.2 Å². The second-order valence-corrected chi connectivity index (χ2v) is 9.14. The summed E-state index contributed by atoms with van der Waals surface area (Å²) in [5, 5.41) is 6.48. The van der Waals surface area contributed by atoms with Crippen molar-refractivity contribution in [2.75, 3.05) is 32.8 Å². The van der Waals surface area contributed by atoms with Crippen molar-refractivity contribution in [2.45, 2.75) is 26.0 Å². The molecule has 1 aliphatic heterocycles. The van der Waals surface area contributed by atoms with Crippen LogP contribution >= 0.6 is 23.2 Å². The molecular formula is C23H25Cl2N3O3. The molecule has 3 aromatic rings. The number of fused-ring (bicyclic) bond motifs is 1. The highest BCUT2D eigenvalue weighted by atomic mass is 35.5. The van der Waals surface area contributed by atoms with Gasteiger partial charge in [0.2, 0.25) is 0 Å². The van der Waals surface area contributed by atoms with E-state index in [9.17, 15) is 4.79 Å². The fourth-order valence-corrected chi connectivity index (χ4v) is 4.31. The Kier molecular flexibility index (Phi) is 6.53. The predicted octanol–water partition coefficient (Wildman–Crippen LogP) is 4.66. The van der Waals surface area contributed by atoms with Crippen LogP contribution in [0.1, 0.15) is 29.9 Å². The molecule has 4 rings (SSSR count). The molecule has 1 saturated heterocycles. The summed E-state index contributed by atoms with van der Waals surface area (Å²) in [4.78, 5) is 15.4. The number of benzene rings is 2. The highest BCUT2D eigenvalue weighted by Gasteiger charge is 2.30. The van der Waals surface area contributed by atoms with E-state index in [1.165, 1.54) is 0 Å². The number of ether oxygens (including phenoxy) is 2. The fourth-order valence-electron chi connectivity index (χ4n) is 3.84. The Labute approximate surface area is 191 Å². The molecule has 0 spiro atoms. The number of aromatic nitrogens is 2. The van der Waals surface area contributed by atoms with Crippen LogP contribution in [0, 0.1) is 0 Å². The Hall–Kier alpha value is -2.12. The molecule has 1 fully saturated rings. The van der Waals surface area contributed by atoms with Crippen molar-refractivity contribution < 1.29 is 14.3 Å². The second-order valence-electron chi connectivity index (χ2n) is 8.30. The molecule has 0 N–H and O–H groups in total. The van der Waals surface area contributed by atoms with Gasteiger partial charge in [0.15, 0.2) is 5.69 Å². The predicted molar refractivity (Wildman–Crippen MR) is 122 cm³/mol. The number of para-hydroxylation sites is 1. The van der Waals surface area contributed by atoms with Gasteiger partial charge >= 0.3 is 5.97 Å². The zero-order valence-electron chi connectivity index (χ0n) is 17.6. The lowest BCUT2D eigenvalue weighted by molar-refractivity contribution is -0.0363. The smallest absolute Gasteiger partial charge is 0.360 e. The molecule has 0 bridgehead atoms. The van der Waals surface area contributed by atoms with Gasteiger partial charge in [0, 0.05) is 35.1 Å². The van der Waals surface area contributed by atoms with Crippen molar-refractivity contribution in [1.29, 1.82) is 0 Å². The summed E-state index contributed by atoms with van der Waals surface area (Å²) >= 11 is 12.4. The van der Waals surface area contributed by atoms with Crippen LogP contribution in [0.15, 0.2) is 42.5 Å². The molecule has 0 radical (unpaired) electrons. The van der Waals surface area contributed by atoms with Crippen molar-refractivity contribution in [1.82, 2.24) is 14.7 Å². The average molecular weight is 462 g/mol. The molecular weight excluding hydrogens is 437 g/mol. The van der Waals surface area contributed by atoms with E-state index in [1.54, 1.807) is 16.8 Å². The van der Waals surface area contributed by atoms with Crippen molar-refractivity contribution in [2.24, 2.45) is 0 Å². The standard InChI is InChI=1S/C23H25Cl2N3O3/c1-23(2,15-27-9-11-30-12-10-27)31-22(29)21-18-5-3-4-6-20(18)28(26-21)14-16-7-8-17(24)13-19(16)25/h3-8,13H,9-12,14-15H2,1-2H3. The molecule has 1 aromatic heterocycles. The maximum absolute atomic E-state index is 13.1. The molecule has 0 aliphatic carbocycles. The molecule has 6 nitrogen and oxygen atoms in total.